The molecule has 146 valence electrons. The fourth-order valence-electron chi connectivity index (χ4n) is 2.77. The largest absolute Gasteiger partial charge is 0.454 e. The van der Waals surface area contributed by atoms with Crippen LogP contribution < -0.4 is 10.6 Å². The smallest absolute Gasteiger partial charge is 0.326 e. The molecule has 0 unspecified atom stereocenters. The number of hydrogen-bond donors (Lipinski definition) is 2. The van der Waals surface area contributed by atoms with Gasteiger partial charge in [-0.1, -0.05) is 37.6 Å². The number of benzene rings is 1. The van der Waals surface area contributed by atoms with Crippen molar-refractivity contribution in [3.63, 3.8) is 0 Å². The predicted octanol–water partition coefficient (Wildman–Crippen LogP) is 1.61. The normalized spacial score (nSPS) is 15.4. The van der Waals surface area contributed by atoms with Crippen molar-refractivity contribution in [3.8, 4) is 0 Å². The molecule has 0 spiro atoms. The summed E-state index contributed by atoms with van der Waals surface area (Å²) in [5.74, 6) is -1.80. The first kappa shape index (κ1) is 20.7. The molecule has 1 aromatic carbocycles. The highest BCUT2D eigenvalue weighted by Gasteiger charge is 2.49. The topological polar surface area (TPSA) is 105 Å². The molecule has 0 aromatic heterocycles. The summed E-state index contributed by atoms with van der Waals surface area (Å²) in [7, 11) is 0. The van der Waals surface area contributed by atoms with Crippen LogP contribution in [0.3, 0.4) is 0 Å². The van der Waals surface area contributed by atoms with Crippen molar-refractivity contribution in [1.82, 2.24) is 15.5 Å². The van der Waals surface area contributed by atoms with Crippen molar-refractivity contribution in [2.45, 2.75) is 38.8 Å². The van der Waals surface area contributed by atoms with Crippen LogP contribution in [0.25, 0.3) is 0 Å². The van der Waals surface area contributed by atoms with Gasteiger partial charge in [0.1, 0.15) is 12.1 Å². The summed E-state index contributed by atoms with van der Waals surface area (Å²) in [6.45, 7) is 2.77. The van der Waals surface area contributed by atoms with Gasteiger partial charge in [0.15, 0.2) is 6.61 Å². The van der Waals surface area contributed by atoms with Crippen molar-refractivity contribution >= 4 is 35.4 Å². The van der Waals surface area contributed by atoms with E-state index in [1.54, 1.807) is 38.1 Å². The highest BCUT2D eigenvalue weighted by Crippen LogP contribution is 2.24. The van der Waals surface area contributed by atoms with Gasteiger partial charge in [-0.2, -0.15) is 0 Å². The number of halogens is 1. The monoisotopic (exact) mass is 395 g/mol. The Hall–Kier alpha value is -2.61. The van der Waals surface area contributed by atoms with Crippen LogP contribution >= 0.6 is 11.6 Å². The lowest BCUT2D eigenvalue weighted by atomic mass is 9.93. The van der Waals surface area contributed by atoms with Gasteiger partial charge in [0.25, 0.3) is 11.8 Å². The number of carbonyl (C=O) groups excluding carboxylic acids is 4. The van der Waals surface area contributed by atoms with Gasteiger partial charge in [0.05, 0.1) is 0 Å². The molecule has 1 aromatic rings. The quantitative estimate of drug-likeness (QED) is 0.514. The summed E-state index contributed by atoms with van der Waals surface area (Å²) in [6.07, 6.45) is 0.844. The van der Waals surface area contributed by atoms with Crippen molar-refractivity contribution in [1.29, 1.82) is 0 Å². The first-order valence-electron chi connectivity index (χ1n) is 8.62. The van der Waals surface area contributed by atoms with E-state index in [4.69, 9.17) is 16.3 Å². The van der Waals surface area contributed by atoms with Crippen LogP contribution in [0, 0.1) is 0 Å². The molecule has 1 saturated heterocycles. The molecule has 1 fully saturated rings. The number of rotatable bonds is 8. The van der Waals surface area contributed by atoms with E-state index in [9.17, 15) is 19.2 Å². The zero-order chi connectivity index (χ0) is 20.0. The molecular formula is C18H22ClN3O5. The summed E-state index contributed by atoms with van der Waals surface area (Å²) in [4.78, 5) is 48.9. The second-order valence-electron chi connectivity index (χ2n) is 6.18. The minimum atomic E-state index is -0.980. The van der Waals surface area contributed by atoms with Gasteiger partial charge in [-0.3, -0.25) is 19.3 Å². The molecule has 2 N–H and O–H groups in total. The van der Waals surface area contributed by atoms with Crippen molar-refractivity contribution in [3.05, 3.63) is 34.9 Å². The Bertz CT molecular complexity index is 748. The molecule has 8 nitrogen and oxygen atoms in total. The molecule has 2 rings (SSSR count). The van der Waals surface area contributed by atoms with E-state index in [2.05, 4.69) is 10.6 Å². The van der Waals surface area contributed by atoms with Crippen LogP contribution in [-0.4, -0.2) is 47.4 Å². The maximum Gasteiger partial charge on any atom is 0.326 e. The maximum atomic E-state index is 12.4. The minimum Gasteiger partial charge on any atom is -0.454 e. The summed E-state index contributed by atoms with van der Waals surface area (Å²) in [5.41, 5.74) is -0.178. The second-order valence-corrected chi connectivity index (χ2v) is 6.61. The van der Waals surface area contributed by atoms with Crippen LogP contribution in [-0.2, 0) is 25.7 Å². The third kappa shape index (κ3) is 4.97. The van der Waals surface area contributed by atoms with Gasteiger partial charge in [-0.05, 0) is 30.5 Å². The zero-order valence-electron chi connectivity index (χ0n) is 15.2. The fraction of sp³-hybridized carbons (Fsp3) is 0.444. The molecular weight excluding hydrogens is 374 g/mol. The molecule has 0 bridgehead atoms. The van der Waals surface area contributed by atoms with Gasteiger partial charge in [-0.25, -0.2) is 4.79 Å². The van der Waals surface area contributed by atoms with Gasteiger partial charge in [-0.15, -0.1) is 0 Å². The van der Waals surface area contributed by atoms with Crippen LogP contribution in [0.4, 0.5) is 4.79 Å². The number of nitrogens with zero attached hydrogens (tertiary/aromatic N) is 1. The van der Waals surface area contributed by atoms with Gasteiger partial charge in [0, 0.05) is 11.6 Å². The highest BCUT2D eigenvalue weighted by molar-refractivity contribution is 6.30. The summed E-state index contributed by atoms with van der Waals surface area (Å²) >= 11 is 5.86. The molecule has 0 saturated carbocycles. The van der Waals surface area contributed by atoms with E-state index in [1.807, 2.05) is 0 Å². The van der Waals surface area contributed by atoms with Crippen LogP contribution in [0.5, 0.6) is 0 Å². The zero-order valence-corrected chi connectivity index (χ0v) is 16.0. The van der Waals surface area contributed by atoms with E-state index in [0.29, 0.717) is 17.9 Å². The number of urea groups is 1. The van der Waals surface area contributed by atoms with Crippen LogP contribution in [0.15, 0.2) is 24.3 Å². The fourth-order valence-corrected chi connectivity index (χ4v) is 2.98. The van der Waals surface area contributed by atoms with Gasteiger partial charge < -0.3 is 15.4 Å². The third-order valence-corrected chi connectivity index (χ3v) is 4.72. The molecule has 0 atom stereocenters. The molecule has 1 heterocycles. The molecule has 0 radical (unpaired) electrons. The number of hydrogen-bond acceptors (Lipinski definition) is 5. The Morgan fingerprint density at radius 3 is 2.56 bits per heavy atom. The van der Waals surface area contributed by atoms with E-state index in [-0.39, 0.29) is 6.54 Å². The van der Waals surface area contributed by atoms with E-state index in [1.165, 1.54) is 0 Å². The standard InChI is InChI=1S/C18H22ClN3O5/c1-3-18(4-2)16(25)22(17(26)21-18)10-15(24)27-11-14(23)20-9-12-6-5-7-13(19)8-12/h5-8H,3-4,9-11H2,1-2H3,(H,20,23)(H,21,26). The Kier molecular flexibility index (Phi) is 6.79. The summed E-state index contributed by atoms with van der Waals surface area (Å²) in [5, 5.41) is 5.76. The first-order chi connectivity index (χ1) is 12.8. The highest BCUT2D eigenvalue weighted by atomic mass is 35.5. The van der Waals surface area contributed by atoms with Gasteiger partial charge in [0.2, 0.25) is 0 Å². The number of imide groups is 1. The average Bonchev–Trinajstić information content (AvgIpc) is 2.89. The maximum absolute atomic E-state index is 12.4. The number of amides is 4. The van der Waals surface area contributed by atoms with Crippen LogP contribution in [0.2, 0.25) is 5.02 Å². The number of carbonyl (C=O) groups is 4. The Labute approximate surface area is 162 Å². The van der Waals surface area contributed by atoms with Crippen molar-refractivity contribution in [2.75, 3.05) is 13.2 Å². The summed E-state index contributed by atoms with van der Waals surface area (Å²) in [6, 6.07) is 6.35. The van der Waals surface area contributed by atoms with Crippen LogP contribution in [0.1, 0.15) is 32.3 Å². The van der Waals surface area contributed by atoms with E-state index in [0.717, 1.165) is 10.5 Å². The SMILES string of the molecule is CCC1(CC)NC(=O)N(CC(=O)OCC(=O)NCc2cccc(Cl)c2)C1=O. The predicted molar refractivity (Wildman–Crippen MR) is 97.8 cm³/mol. The number of ether oxygens (including phenoxy) is 1. The molecule has 27 heavy (non-hydrogen) atoms. The van der Waals surface area contributed by atoms with Crippen molar-refractivity contribution < 1.29 is 23.9 Å². The number of nitrogens with one attached hydrogen (secondary N) is 2. The molecule has 4 amide bonds. The molecule has 1 aliphatic rings. The molecule has 1 aliphatic heterocycles. The Morgan fingerprint density at radius 1 is 1.26 bits per heavy atom. The lowest BCUT2D eigenvalue weighted by molar-refractivity contribution is -0.151. The Morgan fingerprint density at radius 2 is 1.96 bits per heavy atom. The average molecular weight is 396 g/mol. The van der Waals surface area contributed by atoms with Gasteiger partial charge >= 0.3 is 12.0 Å². The lowest BCUT2D eigenvalue weighted by Crippen LogP contribution is -2.46. The molecule has 0 aliphatic carbocycles. The number of esters is 1. The molecule has 9 heteroatoms. The van der Waals surface area contributed by atoms with E-state index >= 15 is 0 Å². The lowest BCUT2D eigenvalue weighted by Gasteiger charge is -2.22. The minimum absolute atomic E-state index is 0.236. The Balaban J connectivity index is 1.79. The summed E-state index contributed by atoms with van der Waals surface area (Å²) < 4.78 is 4.86. The first-order valence-corrected chi connectivity index (χ1v) is 9.00. The second kappa shape index (κ2) is 8.85. The van der Waals surface area contributed by atoms with Crippen molar-refractivity contribution in [2.24, 2.45) is 0 Å². The van der Waals surface area contributed by atoms with E-state index < -0.39 is 42.5 Å². The third-order valence-electron chi connectivity index (χ3n) is 4.48.